The highest BCUT2D eigenvalue weighted by molar-refractivity contribution is 5.94. The van der Waals surface area contributed by atoms with Gasteiger partial charge < -0.3 is 9.84 Å². The molecule has 1 aromatic carbocycles. The lowest BCUT2D eigenvalue weighted by Gasteiger charge is -2.11. The fraction of sp³-hybridized carbons (Fsp3) is 0.462. The van der Waals surface area contributed by atoms with Crippen LogP contribution < -0.4 is 4.74 Å². The molecule has 0 spiro atoms. The predicted octanol–water partition coefficient (Wildman–Crippen LogP) is 2.38. The molecule has 1 rings (SSSR count). The Morgan fingerprint density at radius 3 is 2.56 bits per heavy atom. The van der Waals surface area contributed by atoms with Crippen molar-refractivity contribution in [2.75, 3.05) is 13.2 Å². The number of hydrogen-bond donors (Lipinski definition) is 1. The Kier molecular flexibility index (Phi) is 4.50. The van der Waals surface area contributed by atoms with Gasteiger partial charge in [0.05, 0.1) is 6.61 Å². The highest BCUT2D eigenvalue weighted by Crippen LogP contribution is 2.23. The molecule has 0 fully saturated rings. The van der Waals surface area contributed by atoms with Gasteiger partial charge in [0.25, 0.3) is 0 Å². The van der Waals surface area contributed by atoms with E-state index in [9.17, 15) is 4.79 Å². The first-order valence-corrected chi connectivity index (χ1v) is 5.44. The minimum absolute atomic E-state index is 0.0244. The van der Waals surface area contributed by atoms with Gasteiger partial charge in [0, 0.05) is 5.56 Å². The van der Waals surface area contributed by atoms with Crippen LogP contribution in [0, 0.1) is 0 Å². The van der Waals surface area contributed by atoms with Crippen molar-refractivity contribution in [2.45, 2.75) is 26.7 Å². The summed E-state index contributed by atoms with van der Waals surface area (Å²) in [6, 6.07) is 5.51. The van der Waals surface area contributed by atoms with Gasteiger partial charge in [0.2, 0.25) is 0 Å². The molecule has 0 atom stereocenters. The molecule has 0 heterocycles. The summed E-state index contributed by atoms with van der Waals surface area (Å²) in [4.78, 5) is 11.3. The molecule has 0 aliphatic rings. The second-order valence-corrected chi connectivity index (χ2v) is 4.07. The summed E-state index contributed by atoms with van der Waals surface area (Å²) >= 11 is 0. The number of ether oxygens (including phenoxy) is 1. The maximum Gasteiger partial charge on any atom is 0.159 e. The molecule has 88 valence electrons. The van der Waals surface area contributed by atoms with Gasteiger partial charge in [0.1, 0.15) is 12.4 Å². The third-order valence-corrected chi connectivity index (χ3v) is 2.36. The second-order valence-electron chi connectivity index (χ2n) is 4.07. The quantitative estimate of drug-likeness (QED) is 0.778. The van der Waals surface area contributed by atoms with Crippen LogP contribution in [0.1, 0.15) is 42.6 Å². The van der Waals surface area contributed by atoms with Gasteiger partial charge in [0.15, 0.2) is 5.78 Å². The highest BCUT2D eigenvalue weighted by Gasteiger charge is 2.08. The molecule has 0 saturated heterocycles. The standard InChI is InChI=1S/C13H18O3/c1-9(2)11-6-12(10(3)15)8-13(7-11)16-5-4-14/h6-9,14H,4-5H2,1-3H3. The van der Waals surface area contributed by atoms with Crippen molar-refractivity contribution in [1.29, 1.82) is 0 Å². The summed E-state index contributed by atoms with van der Waals surface area (Å²) in [5.41, 5.74) is 1.72. The van der Waals surface area contributed by atoms with Crippen molar-refractivity contribution in [3.63, 3.8) is 0 Å². The monoisotopic (exact) mass is 222 g/mol. The van der Waals surface area contributed by atoms with E-state index in [1.165, 1.54) is 6.92 Å². The molecular formula is C13H18O3. The SMILES string of the molecule is CC(=O)c1cc(OCCO)cc(C(C)C)c1. The molecule has 0 bridgehead atoms. The molecule has 0 saturated carbocycles. The highest BCUT2D eigenvalue weighted by atomic mass is 16.5. The Morgan fingerprint density at radius 1 is 1.38 bits per heavy atom. The number of Topliss-reactive ketones (excluding diaryl/α,β-unsaturated/α-hetero) is 1. The number of benzene rings is 1. The van der Waals surface area contributed by atoms with Crippen LogP contribution in [0.2, 0.25) is 0 Å². The minimum Gasteiger partial charge on any atom is -0.491 e. The van der Waals surface area contributed by atoms with E-state index in [1.54, 1.807) is 6.07 Å². The van der Waals surface area contributed by atoms with Crippen molar-refractivity contribution in [2.24, 2.45) is 0 Å². The topological polar surface area (TPSA) is 46.5 Å². The summed E-state index contributed by atoms with van der Waals surface area (Å²) in [6.07, 6.45) is 0. The Balaban J connectivity index is 3.03. The number of rotatable bonds is 5. The number of ketones is 1. The van der Waals surface area contributed by atoms with E-state index < -0.39 is 0 Å². The molecule has 16 heavy (non-hydrogen) atoms. The zero-order valence-electron chi connectivity index (χ0n) is 9.99. The summed E-state index contributed by atoms with van der Waals surface area (Å²) in [5.74, 6) is 1.01. The van der Waals surface area contributed by atoms with E-state index in [1.807, 2.05) is 12.1 Å². The van der Waals surface area contributed by atoms with Gasteiger partial charge in [-0.3, -0.25) is 4.79 Å². The lowest BCUT2D eigenvalue weighted by molar-refractivity contribution is 0.101. The predicted molar refractivity (Wildman–Crippen MR) is 63.1 cm³/mol. The molecule has 0 amide bonds. The third kappa shape index (κ3) is 3.35. The second kappa shape index (κ2) is 5.66. The van der Waals surface area contributed by atoms with Gasteiger partial charge in [-0.15, -0.1) is 0 Å². The summed E-state index contributed by atoms with van der Waals surface area (Å²) in [6.45, 7) is 5.89. The third-order valence-electron chi connectivity index (χ3n) is 2.36. The molecule has 0 aromatic heterocycles. The zero-order chi connectivity index (χ0) is 12.1. The van der Waals surface area contributed by atoms with Crippen molar-refractivity contribution < 1.29 is 14.6 Å². The van der Waals surface area contributed by atoms with Crippen LogP contribution in [0.4, 0.5) is 0 Å². The summed E-state index contributed by atoms with van der Waals surface area (Å²) in [7, 11) is 0. The molecule has 0 aliphatic heterocycles. The molecule has 0 aliphatic carbocycles. The Labute approximate surface area is 96.1 Å². The zero-order valence-corrected chi connectivity index (χ0v) is 9.99. The van der Waals surface area contributed by atoms with Crippen molar-refractivity contribution in [3.8, 4) is 5.75 Å². The smallest absolute Gasteiger partial charge is 0.159 e. The number of aliphatic hydroxyl groups excluding tert-OH is 1. The van der Waals surface area contributed by atoms with Gasteiger partial charge >= 0.3 is 0 Å². The largest absolute Gasteiger partial charge is 0.491 e. The number of aliphatic hydroxyl groups is 1. The Hall–Kier alpha value is -1.35. The fourth-order valence-corrected chi connectivity index (χ4v) is 1.41. The molecule has 1 aromatic rings. The van der Waals surface area contributed by atoms with Crippen molar-refractivity contribution >= 4 is 5.78 Å². The lowest BCUT2D eigenvalue weighted by atomic mass is 9.99. The first-order chi connectivity index (χ1) is 7.54. The maximum absolute atomic E-state index is 11.3. The summed E-state index contributed by atoms with van der Waals surface area (Å²) < 4.78 is 5.33. The van der Waals surface area contributed by atoms with Crippen LogP contribution in [0.25, 0.3) is 0 Å². The molecule has 1 N–H and O–H groups in total. The van der Waals surface area contributed by atoms with E-state index in [0.717, 1.165) is 5.56 Å². The van der Waals surface area contributed by atoms with E-state index in [0.29, 0.717) is 17.2 Å². The van der Waals surface area contributed by atoms with Crippen molar-refractivity contribution in [1.82, 2.24) is 0 Å². The van der Waals surface area contributed by atoms with Crippen LogP contribution in [-0.4, -0.2) is 24.1 Å². The van der Waals surface area contributed by atoms with E-state index >= 15 is 0 Å². The summed E-state index contributed by atoms with van der Waals surface area (Å²) in [5, 5.41) is 8.69. The van der Waals surface area contributed by atoms with Crippen molar-refractivity contribution in [3.05, 3.63) is 29.3 Å². The normalized spacial score (nSPS) is 10.6. The number of carbonyl (C=O) groups excluding carboxylic acids is 1. The van der Waals surface area contributed by atoms with Gasteiger partial charge in [-0.2, -0.15) is 0 Å². The van der Waals surface area contributed by atoms with Crippen LogP contribution in [-0.2, 0) is 0 Å². The van der Waals surface area contributed by atoms with Gasteiger partial charge in [-0.25, -0.2) is 0 Å². The minimum atomic E-state index is -0.0265. The van der Waals surface area contributed by atoms with Gasteiger partial charge in [-0.1, -0.05) is 13.8 Å². The first-order valence-electron chi connectivity index (χ1n) is 5.44. The number of hydrogen-bond acceptors (Lipinski definition) is 3. The van der Waals surface area contributed by atoms with Crippen LogP contribution >= 0.6 is 0 Å². The number of carbonyl (C=O) groups is 1. The van der Waals surface area contributed by atoms with Crippen LogP contribution in [0.5, 0.6) is 5.75 Å². The van der Waals surface area contributed by atoms with Crippen LogP contribution in [0.3, 0.4) is 0 Å². The molecule has 0 unspecified atom stereocenters. The van der Waals surface area contributed by atoms with E-state index in [4.69, 9.17) is 9.84 Å². The maximum atomic E-state index is 11.3. The van der Waals surface area contributed by atoms with E-state index in [-0.39, 0.29) is 19.0 Å². The molecular weight excluding hydrogens is 204 g/mol. The van der Waals surface area contributed by atoms with Gasteiger partial charge in [-0.05, 0) is 36.6 Å². The Bertz CT molecular complexity index is 369. The fourth-order valence-electron chi connectivity index (χ4n) is 1.41. The van der Waals surface area contributed by atoms with Crippen LogP contribution in [0.15, 0.2) is 18.2 Å². The first kappa shape index (κ1) is 12.7. The lowest BCUT2D eigenvalue weighted by Crippen LogP contribution is -2.04. The Morgan fingerprint density at radius 2 is 2.06 bits per heavy atom. The average Bonchev–Trinajstić information content (AvgIpc) is 2.25. The molecule has 3 nitrogen and oxygen atoms in total. The molecule has 0 radical (unpaired) electrons. The molecule has 3 heteroatoms. The van der Waals surface area contributed by atoms with E-state index in [2.05, 4.69) is 13.8 Å². The average molecular weight is 222 g/mol.